The fraction of sp³-hybridized carbons (Fsp3) is 0. The number of rotatable bonds is 12. The van der Waals surface area contributed by atoms with Crippen molar-refractivity contribution in [1.29, 1.82) is 0 Å². The van der Waals surface area contributed by atoms with E-state index in [0.717, 1.165) is 48.6 Å². The minimum Gasteiger partial charge on any atom is -0.451 e. The van der Waals surface area contributed by atoms with Crippen LogP contribution in [0.15, 0.2) is 146 Å². The standard InChI is InChI=1S/C68H30F16N4O4/c69-49-45(50(70)58(78)65(57(49)77)89-29-13-5-1-6-14-29)41-33-21-23-35(85-33)42(46-51(71)59(79)66(60(80)52(46)72)90-30-15-7-2-8-16-30)37-25-27-39(87-37)44(48-55(75)63(83)68(64(84)56(48)76)92-32-19-11-4-12-20-32)40-28-26-38(88-40)43(36-24-22-34(41)86-36)47-53(73)61(81)67(62(82)54(47)74)91-31-17-9-3-10-18-31/h1-28,85,88H. The summed E-state index contributed by atoms with van der Waals surface area (Å²) in [7, 11) is 0. The van der Waals surface area contributed by atoms with Crippen molar-refractivity contribution in [3.8, 4) is 90.5 Å². The summed E-state index contributed by atoms with van der Waals surface area (Å²) in [5, 5.41) is 0. The molecule has 0 spiro atoms. The fourth-order valence-corrected chi connectivity index (χ4v) is 10.4. The van der Waals surface area contributed by atoms with Crippen LogP contribution in [-0.4, -0.2) is 19.9 Å². The number of H-pyrrole nitrogens is 2. The van der Waals surface area contributed by atoms with E-state index in [0.29, 0.717) is 0 Å². The van der Waals surface area contributed by atoms with Crippen LogP contribution in [0.25, 0.3) is 90.9 Å². The van der Waals surface area contributed by atoms with Crippen molar-refractivity contribution >= 4 is 46.4 Å². The normalized spacial score (nSPS) is 11.8. The Kier molecular flexibility index (Phi) is 15.1. The van der Waals surface area contributed by atoms with E-state index in [1.165, 1.54) is 121 Å². The molecule has 0 fully saturated rings. The highest BCUT2D eigenvalue weighted by Gasteiger charge is 2.37. The molecule has 0 unspecified atom stereocenters. The molecule has 8 nitrogen and oxygen atoms in total. The van der Waals surface area contributed by atoms with Gasteiger partial charge in [0, 0.05) is 44.3 Å². The van der Waals surface area contributed by atoms with Crippen LogP contribution in [0.3, 0.4) is 0 Å². The van der Waals surface area contributed by atoms with Gasteiger partial charge in [-0.05, 0) is 97.1 Å². The van der Waals surface area contributed by atoms with E-state index in [9.17, 15) is 0 Å². The molecule has 458 valence electrons. The number of nitrogens with one attached hydrogen (secondary N) is 2. The van der Waals surface area contributed by atoms with Gasteiger partial charge in [-0.3, -0.25) is 0 Å². The third-order valence-corrected chi connectivity index (χ3v) is 14.5. The first-order valence-corrected chi connectivity index (χ1v) is 26.8. The van der Waals surface area contributed by atoms with Gasteiger partial charge in [0.1, 0.15) is 23.0 Å². The van der Waals surface area contributed by atoms with Crippen LogP contribution in [0.5, 0.6) is 46.0 Å². The Labute approximate surface area is 505 Å². The summed E-state index contributed by atoms with van der Waals surface area (Å²) in [5.41, 5.74) is -17.5. The Balaban J connectivity index is 1.19. The fourth-order valence-electron chi connectivity index (χ4n) is 10.4. The number of benzene rings is 8. The molecule has 2 aliphatic heterocycles. The monoisotopic (exact) mass is 1270 g/mol. The van der Waals surface area contributed by atoms with E-state index in [1.807, 2.05) is 0 Å². The minimum atomic E-state index is -2.23. The third-order valence-electron chi connectivity index (χ3n) is 14.5. The van der Waals surface area contributed by atoms with Crippen LogP contribution >= 0.6 is 0 Å². The summed E-state index contributed by atoms with van der Waals surface area (Å²) in [6.45, 7) is 0. The Hall–Kier alpha value is -11.6. The first-order valence-electron chi connectivity index (χ1n) is 26.8. The van der Waals surface area contributed by atoms with Crippen LogP contribution in [0.2, 0.25) is 0 Å². The highest BCUT2D eigenvalue weighted by atomic mass is 19.2. The minimum absolute atomic E-state index is 0.321. The Morgan fingerprint density at radius 1 is 0.207 bits per heavy atom. The van der Waals surface area contributed by atoms with Crippen molar-refractivity contribution < 1.29 is 89.2 Å². The lowest BCUT2D eigenvalue weighted by Gasteiger charge is -2.15. The molecule has 8 bridgehead atoms. The van der Waals surface area contributed by atoms with E-state index in [4.69, 9.17) is 18.9 Å². The summed E-state index contributed by atoms with van der Waals surface area (Å²) < 4.78 is 290. The van der Waals surface area contributed by atoms with E-state index >= 15 is 70.2 Å². The molecule has 0 radical (unpaired) electrons. The van der Waals surface area contributed by atoms with Gasteiger partial charge in [-0.2, -0.15) is 35.1 Å². The van der Waals surface area contributed by atoms with Gasteiger partial charge in [-0.1, -0.05) is 72.8 Å². The van der Waals surface area contributed by atoms with Crippen molar-refractivity contribution in [1.82, 2.24) is 19.9 Å². The molecule has 24 heteroatoms. The van der Waals surface area contributed by atoms with Gasteiger partial charge < -0.3 is 28.9 Å². The molecule has 0 saturated carbocycles. The maximum absolute atomic E-state index is 17.1. The molecule has 5 heterocycles. The van der Waals surface area contributed by atoms with Crippen LogP contribution in [0, 0.1) is 93.1 Å². The lowest BCUT2D eigenvalue weighted by atomic mass is 10.0. The summed E-state index contributed by atoms with van der Waals surface area (Å²) in [6.07, 6.45) is 3.18. The van der Waals surface area contributed by atoms with Crippen molar-refractivity contribution in [2.75, 3.05) is 0 Å². The predicted molar refractivity (Wildman–Crippen MR) is 306 cm³/mol. The molecule has 3 aromatic heterocycles. The second-order valence-electron chi connectivity index (χ2n) is 20.0. The number of para-hydroxylation sites is 4. The lowest BCUT2D eigenvalue weighted by molar-refractivity contribution is 0.368. The van der Waals surface area contributed by atoms with Crippen LogP contribution in [-0.2, 0) is 0 Å². The Morgan fingerprint density at radius 2 is 0.380 bits per heavy atom. The largest absolute Gasteiger partial charge is 0.451 e. The summed E-state index contributed by atoms with van der Waals surface area (Å²) in [4.78, 5) is 13.7. The van der Waals surface area contributed by atoms with Gasteiger partial charge in [0.05, 0.1) is 45.0 Å². The molecule has 0 aliphatic carbocycles. The number of nitrogens with zero attached hydrogens (tertiary/aromatic N) is 2. The van der Waals surface area contributed by atoms with E-state index in [2.05, 4.69) is 19.9 Å². The average Bonchev–Trinajstić information content (AvgIpc) is 1.46. The molecular formula is C68H30F16N4O4. The molecule has 8 aromatic carbocycles. The van der Waals surface area contributed by atoms with Gasteiger partial charge in [0.2, 0.25) is 69.5 Å². The second kappa shape index (κ2) is 23.4. The number of ether oxygens (including phenoxy) is 4. The van der Waals surface area contributed by atoms with Crippen LogP contribution < -0.4 is 18.9 Å². The molecular weight excluding hydrogens is 1240 g/mol. The summed E-state index contributed by atoms with van der Waals surface area (Å²) >= 11 is 0. The van der Waals surface area contributed by atoms with Crippen LogP contribution in [0.1, 0.15) is 22.8 Å². The Morgan fingerprint density at radius 3 is 0.554 bits per heavy atom. The molecule has 0 atom stereocenters. The smallest absolute Gasteiger partial charge is 0.205 e. The van der Waals surface area contributed by atoms with Crippen LogP contribution in [0.4, 0.5) is 70.2 Å². The summed E-state index contributed by atoms with van der Waals surface area (Å²) in [5.74, 6) is -43.1. The predicted octanol–water partition coefficient (Wildman–Crippen LogP) is 20.7. The molecule has 2 aliphatic rings. The molecule has 0 saturated heterocycles. The van der Waals surface area contributed by atoms with E-state index in [1.54, 1.807) is 0 Å². The van der Waals surface area contributed by atoms with Gasteiger partial charge in [0.15, 0.2) is 46.5 Å². The van der Waals surface area contributed by atoms with E-state index in [-0.39, 0.29) is 23.0 Å². The highest BCUT2D eigenvalue weighted by Crippen LogP contribution is 2.48. The SMILES string of the molecule is Fc1c(F)c(-c2c3nc(c(-c4c(F)c(F)c(Oc5ccccc5)c(F)c4F)c4ccc([nH]4)c(-c4c(F)c(F)c(Oc5ccccc5)c(F)c4F)c4nc(c(-c5c(F)c(F)c(Oc6ccccc6)c(F)c5F)c5ccc2[nH]5)C=C4)C=C3)c(F)c(F)c1Oc1ccccc1. The molecule has 13 rings (SSSR count). The zero-order chi connectivity index (χ0) is 64.5. The lowest BCUT2D eigenvalue weighted by Crippen LogP contribution is -2.05. The number of halogens is 16. The van der Waals surface area contributed by atoms with Gasteiger partial charge >= 0.3 is 0 Å². The number of hydrogen-bond acceptors (Lipinski definition) is 6. The topological polar surface area (TPSA) is 94.3 Å². The zero-order valence-corrected chi connectivity index (χ0v) is 45.7. The maximum Gasteiger partial charge on any atom is 0.205 e. The second-order valence-corrected chi connectivity index (χ2v) is 20.0. The first kappa shape index (κ1) is 59.4. The number of hydrogen-bond donors (Lipinski definition) is 2. The highest BCUT2D eigenvalue weighted by molar-refractivity contribution is 6.00. The van der Waals surface area contributed by atoms with Gasteiger partial charge in [-0.15, -0.1) is 0 Å². The van der Waals surface area contributed by atoms with Gasteiger partial charge in [-0.25, -0.2) is 45.1 Å². The van der Waals surface area contributed by atoms with E-state index < -0.39 is 205 Å². The van der Waals surface area contributed by atoms with Crippen molar-refractivity contribution in [3.05, 3.63) is 261 Å². The van der Waals surface area contributed by atoms with Gasteiger partial charge in [0.25, 0.3) is 0 Å². The maximum atomic E-state index is 17.1. The molecule has 0 amide bonds. The van der Waals surface area contributed by atoms with Crippen molar-refractivity contribution in [3.63, 3.8) is 0 Å². The van der Waals surface area contributed by atoms with Crippen molar-refractivity contribution in [2.24, 2.45) is 0 Å². The average molecular weight is 1270 g/mol. The molecule has 92 heavy (non-hydrogen) atoms. The molecule has 2 N–H and O–H groups in total. The quantitative estimate of drug-likeness (QED) is 0.0935. The number of fused-ring (bicyclic) bond motifs is 8. The number of aromatic nitrogens is 4. The summed E-state index contributed by atoms with van der Waals surface area (Å²) in [6, 6.07) is 29.3. The zero-order valence-electron chi connectivity index (χ0n) is 45.7. The first-order chi connectivity index (χ1) is 44.3. The van der Waals surface area contributed by atoms with Crippen molar-refractivity contribution in [2.45, 2.75) is 0 Å². The number of aromatic amines is 2. The third kappa shape index (κ3) is 10.0. The molecule has 11 aromatic rings. The Bertz CT molecular complexity index is 4380.